The van der Waals surface area contributed by atoms with Gasteiger partial charge in [0.25, 0.3) is 0 Å². The largest absolute Gasteiger partial charge is 0.396 e. The molecule has 0 amide bonds. The summed E-state index contributed by atoms with van der Waals surface area (Å²) in [7, 11) is 1.05. The van der Waals surface area contributed by atoms with E-state index in [-0.39, 0.29) is 19.8 Å². The molecule has 4 heteroatoms. The molecule has 0 heterocycles. The maximum Gasteiger partial charge on any atom is 0.0531 e. The van der Waals surface area contributed by atoms with Gasteiger partial charge in [-0.05, 0) is 6.42 Å². The molecule has 3 N–H and O–H groups in total. The molecule has 0 radical (unpaired) electrons. The van der Waals surface area contributed by atoms with Gasteiger partial charge in [0.1, 0.15) is 0 Å². The minimum Gasteiger partial charge on any atom is -0.396 e. The maximum atomic E-state index is 8.80. The second kappa shape index (κ2) is 4.84. The predicted octanol–water partition coefficient (Wildman–Crippen LogP) is -1.88. The molecule has 0 aliphatic rings. The van der Waals surface area contributed by atoms with E-state index >= 15 is 0 Å². The lowest BCUT2D eigenvalue weighted by molar-refractivity contribution is 0.00316. The fourth-order valence-electron chi connectivity index (χ4n) is 0.918. The SMILES string of the molecule is OCC(CO)(CO)CC[SiH3]. The zero-order valence-electron chi connectivity index (χ0n) is 6.38. The van der Waals surface area contributed by atoms with Crippen LogP contribution in [0.25, 0.3) is 0 Å². The highest BCUT2D eigenvalue weighted by Gasteiger charge is 2.26. The Morgan fingerprint density at radius 2 is 1.40 bits per heavy atom. The molecular formula is C6H16O3Si. The third-order valence-electron chi connectivity index (χ3n) is 1.79. The van der Waals surface area contributed by atoms with Crippen LogP contribution >= 0.6 is 0 Å². The van der Waals surface area contributed by atoms with Crippen LogP contribution in [0.15, 0.2) is 0 Å². The number of rotatable bonds is 5. The summed E-state index contributed by atoms with van der Waals surface area (Å²) in [6.45, 7) is -0.368. The molecule has 0 atom stereocenters. The Bertz CT molecular complexity index is 74.8. The molecule has 10 heavy (non-hydrogen) atoms. The van der Waals surface area contributed by atoms with Crippen LogP contribution in [0.3, 0.4) is 0 Å². The summed E-state index contributed by atoms with van der Waals surface area (Å²) in [5, 5.41) is 26.4. The summed E-state index contributed by atoms with van der Waals surface area (Å²) in [5.41, 5.74) is -0.623. The molecule has 0 saturated heterocycles. The quantitative estimate of drug-likeness (QED) is 0.417. The van der Waals surface area contributed by atoms with E-state index in [1.807, 2.05) is 0 Å². The monoisotopic (exact) mass is 164 g/mol. The second-order valence-electron chi connectivity index (χ2n) is 2.72. The Kier molecular flexibility index (Phi) is 4.89. The van der Waals surface area contributed by atoms with E-state index in [1.54, 1.807) is 0 Å². The molecule has 0 saturated carbocycles. The Morgan fingerprint density at radius 3 is 1.50 bits per heavy atom. The number of hydrogen-bond acceptors (Lipinski definition) is 3. The molecule has 0 fully saturated rings. The summed E-state index contributed by atoms with van der Waals surface area (Å²) >= 11 is 0. The van der Waals surface area contributed by atoms with E-state index in [4.69, 9.17) is 15.3 Å². The zero-order chi connectivity index (χ0) is 8.04. The van der Waals surface area contributed by atoms with Crippen molar-refractivity contribution in [3.8, 4) is 0 Å². The van der Waals surface area contributed by atoms with Crippen molar-refractivity contribution in [3.63, 3.8) is 0 Å². The topological polar surface area (TPSA) is 60.7 Å². The maximum absolute atomic E-state index is 8.80. The van der Waals surface area contributed by atoms with Crippen LogP contribution in [0.2, 0.25) is 6.04 Å². The third kappa shape index (κ3) is 2.38. The van der Waals surface area contributed by atoms with E-state index < -0.39 is 5.41 Å². The van der Waals surface area contributed by atoms with Crippen molar-refractivity contribution in [2.45, 2.75) is 12.5 Å². The zero-order valence-corrected chi connectivity index (χ0v) is 8.38. The highest BCUT2D eigenvalue weighted by molar-refractivity contribution is 6.08. The predicted molar refractivity (Wildman–Crippen MR) is 43.1 cm³/mol. The summed E-state index contributed by atoms with van der Waals surface area (Å²) in [6.07, 6.45) is 0.725. The van der Waals surface area contributed by atoms with E-state index in [2.05, 4.69) is 0 Å². The smallest absolute Gasteiger partial charge is 0.0531 e. The van der Waals surface area contributed by atoms with Crippen LogP contribution in [-0.2, 0) is 0 Å². The Balaban J connectivity index is 3.87. The molecule has 0 aliphatic carbocycles. The summed E-state index contributed by atoms with van der Waals surface area (Å²) in [6, 6.07) is 1.00. The van der Waals surface area contributed by atoms with Gasteiger partial charge >= 0.3 is 0 Å². The molecule has 0 aliphatic heterocycles. The van der Waals surface area contributed by atoms with Gasteiger partial charge < -0.3 is 15.3 Å². The summed E-state index contributed by atoms with van der Waals surface area (Å²) in [5.74, 6) is 0. The third-order valence-corrected chi connectivity index (χ3v) is 2.29. The molecule has 0 spiro atoms. The van der Waals surface area contributed by atoms with Gasteiger partial charge in [-0.15, -0.1) is 0 Å². The van der Waals surface area contributed by atoms with Gasteiger partial charge in [-0.2, -0.15) is 0 Å². The standard InChI is InChI=1S/C6H16O3Si/c7-3-6(4-8,5-9)1-2-10/h7-9H,1-5H2,10H3. The van der Waals surface area contributed by atoms with Crippen LogP contribution < -0.4 is 0 Å². The summed E-state index contributed by atoms with van der Waals surface area (Å²) in [4.78, 5) is 0. The molecule has 0 unspecified atom stereocenters. The number of aliphatic hydroxyl groups excluding tert-OH is 3. The molecule has 62 valence electrons. The molecule has 0 aromatic heterocycles. The Hall–Kier alpha value is 0.0969. The Morgan fingerprint density at radius 1 is 1.00 bits per heavy atom. The second-order valence-corrected chi connectivity index (χ2v) is 3.72. The van der Waals surface area contributed by atoms with Crippen molar-refractivity contribution in [2.75, 3.05) is 19.8 Å². The van der Waals surface area contributed by atoms with Gasteiger partial charge in [0.2, 0.25) is 0 Å². The molecule has 0 bridgehead atoms. The van der Waals surface area contributed by atoms with Crippen LogP contribution in [-0.4, -0.2) is 45.4 Å². The highest BCUT2D eigenvalue weighted by Crippen LogP contribution is 2.20. The first-order chi connectivity index (χ1) is 4.74. The number of aliphatic hydroxyl groups is 3. The molecule has 3 nitrogen and oxygen atoms in total. The first kappa shape index (κ1) is 10.1. The lowest BCUT2D eigenvalue weighted by atomic mass is 9.88. The number of hydrogen-bond donors (Lipinski definition) is 3. The van der Waals surface area contributed by atoms with Crippen molar-refractivity contribution in [1.82, 2.24) is 0 Å². The lowest BCUT2D eigenvalue weighted by Crippen LogP contribution is -2.33. The first-order valence-electron chi connectivity index (χ1n) is 3.57. The van der Waals surface area contributed by atoms with Crippen LogP contribution in [0, 0.1) is 5.41 Å². The van der Waals surface area contributed by atoms with E-state index in [9.17, 15) is 0 Å². The molecule has 0 rings (SSSR count). The molecule has 0 aromatic rings. The summed E-state index contributed by atoms with van der Waals surface area (Å²) < 4.78 is 0. The minimum absolute atomic E-state index is 0.123. The van der Waals surface area contributed by atoms with Crippen molar-refractivity contribution in [3.05, 3.63) is 0 Å². The highest BCUT2D eigenvalue weighted by atomic mass is 28.1. The average Bonchev–Trinajstić information content (AvgIpc) is 2.01. The van der Waals surface area contributed by atoms with E-state index in [1.165, 1.54) is 0 Å². The first-order valence-corrected chi connectivity index (χ1v) is 4.98. The normalized spacial score (nSPS) is 12.3. The van der Waals surface area contributed by atoms with Gasteiger partial charge in [-0.1, -0.05) is 6.04 Å². The molecular weight excluding hydrogens is 148 g/mol. The van der Waals surface area contributed by atoms with Gasteiger partial charge in [-0.3, -0.25) is 0 Å². The minimum atomic E-state index is -0.623. The van der Waals surface area contributed by atoms with Crippen molar-refractivity contribution >= 4 is 10.2 Å². The van der Waals surface area contributed by atoms with Crippen molar-refractivity contribution in [1.29, 1.82) is 0 Å². The Labute approximate surface area is 64.1 Å². The van der Waals surface area contributed by atoms with E-state index in [0.29, 0.717) is 0 Å². The van der Waals surface area contributed by atoms with Crippen LogP contribution in [0.1, 0.15) is 6.42 Å². The lowest BCUT2D eigenvalue weighted by Gasteiger charge is -2.26. The fourth-order valence-corrected chi connectivity index (χ4v) is 1.98. The molecule has 0 aromatic carbocycles. The van der Waals surface area contributed by atoms with Gasteiger partial charge in [-0.25, -0.2) is 0 Å². The van der Waals surface area contributed by atoms with Gasteiger partial charge in [0.15, 0.2) is 0 Å². The van der Waals surface area contributed by atoms with Crippen LogP contribution in [0.5, 0.6) is 0 Å². The average molecular weight is 164 g/mol. The van der Waals surface area contributed by atoms with Gasteiger partial charge in [0, 0.05) is 15.7 Å². The fraction of sp³-hybridized carbons (Fsp3) is 1.00. The van der Waals surface area contributed by atoms with Crippen molar-refractivity contribution in [2.24, 2.45) is 5.41 Å². The van der Waals surface area contributed by atoms with Gasteiger partial charge in [0.05, 0.1) is 19.8 Å². The van der Waals surface area contributed by atoms with Crippen molar-refractivity contribution < 1.29 is 15.3 Å². The van der Waals surface area contributed by atoms with Crippen LogP contribution in [0.4, 0.5) is 0 Å². The van der Waals surface area contributed by atoms with E-state index in [0.717, 1.165) is 22.7 Å².